The number of alkyl halides is 1. The number of phenols is 1. The van der Waals surface area contributed by atoms with Gasteiger partial charge in [0.1, 0.15) is 17.2 Å². The number of imide groups is 1. The summed E-state index contributed by atoms with van der Waals surface area (Å²) in [5.41, 5.74) is 10.3. The summed E-state index contributed by atoms with van der Waals surface area (Å²) < 4.78 is 34.5. The highest BCUT2D eigenvalue weighted by molar-refractivity contribution is 6.06. The van der Waals surface area contributed by atoms with Gasteiger partial charge in [0.15, 0.2) is 5.82 Å². The van der Waals surface area contributed by atoms with Gasteiger partial charge < -0.3 is 30.1 Å². The number of para-hydroxylation sites is 1. The molecule has 4 fully saturated rings. The van der Waals surface area contributed by atoms with Gasteiger partial charge in [-0.1, -0.05) is 18.2 Å². The zero-order valence-corrected chi connectivity index (χ0v) is 34.3. The highest BCUT2D eigenvalue weighted by Gasteiger charge is 2.39. The highest BCUT2D eigenvalue weighted by atomic mass is 19.1. The quantitative estimate of drug-likeness (QED) is 0.151. The molecule has 6 heterocycles. The van der Waals surface area contributed by atoms with E-state index in [0.717, 1.165) is 60.9 Å². The monoisotopic (exact) mass is 831 g/mol. The van der Waals surface area contributed by atoms with Crippen LogP contribution in [-0.2, 0) is 4.79 Å². The number of aryl methyl sites for hydroxylation is 1. The molecular formula is C46H51F2N9O4. The van der Waals surface area contributed by atoms with Crippen molar-refractivity contribution in [1.82, 2.24) is 29.9 Å². The second-order valence-corrected chi connectivity index (χ2v) is 17.2. The van der Waals surface area contributed by atoms with Gasteiger partial charge in [-0.05, 0) is 92.3 Å². The molecule has 0 bridgehead atoms. The Morgan fingerprint density at radius 1 is 0.951 bits per heavy atom. The molecule has 0 radical (unpaired) electrons. The summed E-state index contributed by atoms with van der Waals surface area (Å²) in [7, 11) is 0. The number of carbonyl (C=O) groups is 3. The average Bonchev–Trinajstić information content (AvgIpc) is 3.59. The number of nitrogens with zero attached hydrogens (tertiary/aromatic N) is 7. The predicted octanol–water partition coefficient (Wildman–Crippen LogP) is 6.95. The van der Waals surface area contributed by atoms with E-state index in [-0.39, 0.29) is 73.3 Å². The summed E-state index contributed by atoms with van der Waals surface area (Å²) in [6.45, 7) is 5.98. The molecule has 2 aromatic heterocycles. The summed E-state index contributed by atoms with van der Waals surface area (Å²) in [4.78, 5) is 45.2. The third-order valence-corrected chi connectivity index (χ3v) is 13.2. The van der Waals surface area contributed by atoms with Crippen molar-refractivity contribution in [3.8, 4) is 17.0 Å². The SMILES string of the molecule is Cc1cn(C2CCN(CC3(F)CCN(C(=O)c4ccc(C5CCCN(c6cc(-c7ccccc7O)nnc6N)C5)c(F)c4)CC3)CC2)c2ccc(N3CCC(=O)NC3=O)cc12. The van der Waals surface area contributed by atoms with Crippen LogP contribution in [0.2, 0.25) is 0 Å². The number of aromatic nitrogens is 3. The minimum absolute atomic E-state index is 0.0885. The molecule has 1 atom stereocenters. The first kappa shape index (κ1) is 40.3. The van der Waals surface area contributed by atoms with E-state index in [4.69, 9.17) is 5.73 Å². The number of aromatic hydroxyl groups is 1. The average molecular weight is 832 g/mol. The number of nitrogens with two attached hydrogens (primary N) is 1. The number of piperidine rings is 3. The number of urea groups is 1. The van der Waals surface area contributed by atoms with Gasteiger partial charge in [-0.2, -0.15) is 0 Å². The molecule has 3 aromatic carbocycles. The van der Waals surface area contributed by atoms with E-state index >= 15 is 8.78 Å². The number of carbonyl (C=O) groups excluding carboxylic acids is 3. The van der Waals surface area contributed by atoms with E-state index < -0.39 is 17.5 Å². The lowest BCUT2D eigenvalue weighted by Crippen LogP contribution is -2.51. The number of halogens is 2. The lowest BCUT2D eigenvalue weighted by Gasteiger charge is -2.41. The van der Waals surface area contributed by atoms with Crippen molar-refractivity contribution in [1.29, 1.82) is 0 Å². The summed E-state index contributed by atoms with van der Waals surface area (Å²) in [5, 5.41) is 22.2. The van der Waals surface area contributed by atoms with E-state index in [9.17, 15) is 19.5 Å². The maximum atomic E-state index is 16.4. The van der Waals surface area contributed by atoms with Crippen LogP contribution >= 0.6 is 0 Å². The van der Waals surface area contributed by atoms with Gasteiger partial charge in [0.25, 0.3) is 5.91 Å². The van der Waals surface area contributed by atoms with E-state index in [1.165, 1.54) is 6.07 Å². The first-order valence-corrected chi connectivity index (χ1v) is 21.3. The number of fused-ring (bicyclic) bond motifs is 1. The Labute approximate surface area is 353 Å². The number of hydrogen-bond acceptors (Lipinski definition) is 9. The maximum absolute atomic E-state index is 16.4. The Balaban J connectivity index is 0.781. The van der Waals surface area contributed by atoms with Gasteiger partial charge in [-0.15, -0.1) is 10.2 Å². The zero-order chi connectivity index (χ0) is 42.4. The topological polar surface area (TPSA) is 153 Å². The van der Waals surface area contributed by atoms with Crippen LogP contribution in [0.5, 0.6) is 5.75 Å². The predicted molar refractivity (Wildman–Crippen MR) is 230 cm³/mol. The van der Waals surface area contributed by atoms with Crippen LogP contribution in [0.4, 0.5) is 30.8 Å². The lowest BCUT2D eigenvalue weighted by molar-refractivity contribution is -0.120. The van der Waals surface area contributed by atoms with Gasteiger partial charge in [0, 0.05) is 117 Å². The normalized spacial score (nSPS) is 20.3. The summed E-state index contributed by atoms with van der Waals surface area (Å²) in [5.74, 6) is -0.786. The molecule has 61 heavy (non-hydrogen) atoms. The maximum Gasteiger partial charge on any atom is 0.328 e. The van der Waals surface area contributed by atoms with Crippen molar-refractivity contribution < 1.29 is 28.3 Å². The molecule has 15 heteroatoms. The summed E-state index contributed by atoms with van der Waals surface area (Å²) >= 11 is 0. The molecule has 4 aliphatic rings. The smallest absolute Gasteiger partial charge is 0.328 e. The zero-order valence-electron chi connectivity index (χ0n) is 34.3. The number of likely N-dealkylation sites (tertiary alicyclic amines) is 2. The first-order valence-electron chi connectivity index (χ1n) is 21.3. The molecule has 4 amide bonds. The summed E-state index contributed by atoms with van der Waals surface area (Å²) in [6.07, 6.45) is 6.20. The Kier molecular flexibility index (Phi) is 10.8. The largest absolute Gasteiger partial charge is 0.507 e. The van der Waals surface area contributed by atoms with Crippen LogP contribution in [0.3, 0.4) is 0 Å². The van der Waals surface area contributed by atoms with Gasteiger partial charge in [-0.3, -0.25) is 19.8 Å². The second kappa shape index (κ2) is 16.4. The highest BCUT2D eigenvalue weighted by Crippen LogP contribution is 2.38. The number of amides is 4. The van der Waals surface area contributed by atoms with Crippen molar-refractivity contribution in [3.05, 3.63) is 95.4 Å². The van der Waals surface area contributed by atoms with Crippen LogP contribution in [0.25, 0.3) is 22.2 Å². The van der Waals surface area contributed by atoms with Gasteiger partial charge >= 0.3 is 6.03 Å². The summed E-state index contributed by atoms with van der Waals surface area (Å²) in [6, 6.07) is 19.3. The van der Waals surface area contributed by atoms with E-state index in [0.29, 0.717) is 48.7 Å². The number of phenolic OH excluding ortho intramolecular Hbond substituents is 1. The third-order valence-electron chi connectivity index (χ3n) is 13.2. The molecule has 0 spiro atoms. The van der Waals surface area contributed by atoms with Crippen LogP contribution in [0, 0.1) is 12.7 Å². The minimum Gasteiger partial charge on any atom is -0.507 e. The van der Waals surface area contributed by atoms with Crippen molar-refractivity contribution >= 4 is 45.9 Å². The van der Waals surface area contributed by atoms with Crippen LogP contribution in [0.15, 0.2) is 72.9 Å². The molecule has 4 aliphatic heterocycles. The number of rotatable bonds is 8. The van der Waals surface area contributed by atoms with Crippen molar-refractivity contribution in [2.75, 3.05) is 67.9 Å². The number of hydrogen-bond donors (Lipinski definition) is 3. The molecule has 1 unspecified atom stereocenters. The standard InChI is InChI=1S/C46H51F2N9O4/c1-29-26-57(39-11-9-33(24-36(29)39)56-20-14-42(59)50-45(56)61)32-12-18-53(19-13-32)28-46(48)15-21-54(22-16-46)44(60)30-8-10-34(37(47)23-30)31-5-4-17-55(27-31)40-25-38(51-52-43(40)49)35-6-2-3-7-41(35)58/h2-3,6-11,23-26,31-32,58H,4-5,12-22,27-28H2,1H3,(H2,49,52)(H,50,59,61). The molecule has 0 saturated carbocycles. The van der Waals surface area contributed by atoms with Crippen LogP contribution in [0.1, 0.15) is 78.4 Å². The van der Waals surface area contributed by atoms with Gasteiger partial charge in [-0.25, -0.2) is 13.6 Å². The van der Waals surface area contributed by atoms with Crippen molar-refractivity contribution in [2.45, 2.75) is 69.5 Å². The molecule has 318 valence electrons. The molecule has 9 rings (SSSR count). The van der Waals surface area contributed by atoms with Crippen LogP contribution < -0.4 is 20.9 Å². The molecule has 5 aromatic rings. The van der Waals surface area contributed by atoms with Gasteiger partial charge in [0.05, 0.1) is 11.4 Å². The van der Waals surface area contributed by atoms with Crippen LogP contribution in [-0.4, -0.2) is 106 Å². The number of nitrogens with one attached hydrogen (secondary N) is 1. The number of nitrogen functional groups attached to an aromatic ring is 1. The van der Waals surface area contributed by atoms with E-state index in [1.54, 1.807) is 46.2 Å². The Bertz CT molecular complexity index is 2490. The molecule has 4 saturated heterocycles. The fourth-order valence-electron chi connectivity index (χ4n) is 9.81. The fraction of sp³-hybridized carbons (Fsp3) is 0.413. The molecular weight excluding hydrogens is 781 g/mol. The Hall–Kier alpha value is -6.09. The third kappa shape index (κ3) is 8.10. The Morgan fingerprint density at radius 3 is 2.49 bits per heavy atom. The molecule has 13 nitrogen and oxygen atoms in total. The number of anilines is 3. The Morgan fingerprint density at radius 2 is 1.74 bits per heavy atom. The molecule has 4 N–H and O–H groups in total. The first-order chi connectivity index (χ1) is 29.4. The minimum atomic E-state index is -1.42. The van der Waals surface area contributed by atoms with E-state index in [2.05, 4.69) is 43.0 Å². The van der Waals surface area contributed by atoms with Gasteiger partial charge in [0.2, 0.25) is 5.91 Å². The molecule has 0 aliphatic carbocycles. The number of benzene rings is 3. The fourth-order valence-corrected chi connectivity index (χ4v) is 9.81. The second-order valence-electron chi connectivity index (χ2n) is 17.2. The van der Waals surface area contributed by atoms with E-state index in [1.807, 2.05) is 24.3 Å². The van der Waals surface area contributed by atoms with Crippen molar-refractivity contribution in [2.24, 2.45) is 0 Å². The lowest BCUT2D eigenvalue weighted by atomic mass is 9.89. The van der Waals surface area contributed by atoms with Crippen molar-refractivity contribution in [3.63, 3.8) is 0 Å².